The van der Waals surface area contributed by atoms with Gasteiger partial charge in [0.1, 0.15) is 15.8 Å². The summed E-state index contributed by atoms with van der Waals surface area (Å²) < 4.78 is 39.0. The van der Waals surface area contributed by atoms with Gasteiger partial charge < -0.3 is 14.9 Å². The highest BCUT2D eigenvalue weighted by atomic mass is 35.7. The molecule has 2 aliphatic heterocycles. The van der Waals surface area contributed by atoms with Crippen LogP contribution in [-0.4, -0.2) is 45.3 Å². The van der Waals surface area contributed by atoms with Crippen LogP contribution in [0.15, 0.2) is 35.2 Å². The molecule has 10 heteroatoms. The first-order valence-electron chi connectivity index (χ1n) is 8.89. The van der Waals surface area contributed by atoms with E-state index in [0.29, 0.717) is 13.1 Å². The molecular weight excluding hydrogens is 445 g/mol. The van der Waals surface area contributed by atoms with Crippen molar-refractivity contribution >= 4 is 43.9 Å². The Kier molecular flexibility index (Phi) is 5.44. The van der Waals surface area contributed by atoms with Crippen molar-refractivity contribution in [3.05, 3.63) is 52.6 Å². The minimum Gasteiger partial charge on any atom is -0.503 e. The maximum Gasteiger partial charge on any atom is 0.255 e. The van der Waals surface area contributed by atoms with E-state index in [4.69, 9.17) is 22.3 Å². The van der Waals surface area contributed by atoms with Crippen LogP contribution in [0.4, 0.5) is 14.5 Å². The van der Waals surface area contributed by atoms with Gasteiger partial charge in [-0.2, -0.15) is 0 Å². The SMILES string of the molecule is O=C(c1ccc(F)cc1Cl)N1CC2CCC(C1)N2c1cc(S(=O)Cl)cc(F)c1O. The third kappa shape index (κ3) is 3.69. The number of hydrogen-bond donors (Lipinski definition) is 1. The maximum absolute atomic E-state index is 14.2. The quantitative estimate of drug-likeness (QED) is 0.701. The van der Waals surface area contributed by atoms with Gasteiger partial charge in [0.2, 0.25) is 0 Å². The minimum atomic E-state index is -1.92. The molecule has 3 unspecified atom stereocenters. The van der Waals surface area contributed by atoms with Crippen LogP contribution >= 0.6 is 22.3 Å². The number of halogens is 4. The normalized spacial score (nSPS) is 22.1. The molecule has 0 saturated carbocycles. The van der Waals surface area contributed by atoms with E-state index in [1.165, 1.54) is 18.2 Å². The number of amides is 1. The van der Waals surface area contributed by atoms with E-state index in [0.717, 1.165) is 25.0 Å². The molecule has 0 radical (unpaired) electrons. The molecule has 1 amide bonds. The van der Waals surface area contributed by atoms with Crippen molar-refractivity contribution in [3.8, 4) is 5.75 Å². The van der Waals surface area contributed by atoms with Crippen LogP contribution in [0.3, 0.4) is 0 Å². The summed E-state index contributed by atoms with van der Waals surface area (Å²) in [5.74, 6) is -2.26. The Hall–Kier alpha value is -1.90. The van der Waals surface area contributed by atoms with Gasteiger partial charge in [0, 0.05) is 25.2 Å². The largest absolute Gasteiger partial charge is 0.503 e. The van der Waals surface area contributed by atoms with Crippen molar-refractivity contribution in [1.29, 1.82) is 0 Å². The lowest BCUT2D eigenvalue weighted by Crippen LogP contribution is -2.55. The molecule has 29 heavy (non-hydrogen) atoms. The van der Waals surface area contributed by atoms with Crippen LogP contribution in [0.25, 0.3) is 0 Å². The zero-order valence-electron chi connectivity index (χ0n) is 14.9. The second kappa shape index (κ2) is 7.74. The number of hydrogen-bond acceptors (Lipinski definition) is 4. The molecule has 2 aliphatic rings. The predicted octanol–water partition coefficient (Wildman–Crippen LogP) is 4.08. The third-order valence-corrected chi connectivity index (χ3v) is 6.86. The summed E-state index contributed by atoms with van der Waals surface area (Å²) in [5.41, 5.74) is 0.433. The Balaban J connectivity index is 1.62. The topological polar surface area (TPSA) is 60.9 Å². The summed E-state index contributed by atoms with van der Waals surface area (Å²) in [7, 11) is 3.68. The van der Waals surface area contributed by atoms with Crippen molar-refractivity contribution in [2.24, 2.45) is 0 Å². The predicted molar refractivity (Wildman–Crippen MR) is 107 cm³/mol. The molecule has 0 aromatic heterocycles. The molecule has 0 aliphatic carbocycles. The number of nitrogens with zero attached hydrogens (tertiary/aromatic N) is 2. The van der Waals surface area contributed by atoms with Crippen LogP contribution in [0.1, 0.15) is 23.2 Å². The average molecular weight is 461 g/mol. The lowest BCUT2D eigenvalue weighted by atomic mass is 10.1. The highest BCUT2D eigenvalue weighted by molar-refractivity contribution is 8.08. The van der Waals surface area contributed by atoms with E-state index in [1.54, 1.807) is 4.90 Å². The number of benzene rings is 2. The molecule has 0 spiro atoms. The fourth-order valence-electron chi connectivity index (χ4n) is 4.15. The zero-order chi connectivity index (χ0) is 20.9. The molecule has 3 atom stereocenters. The standard InChI is InChI=1S/C19H16Cl2F2N2O3S/c20-15-5-10(22)1-4-14(15)19(27)24-8-11-2-3-12(9-24)25(11)17-7-13(29(21)28)6-16(23)18(17)26/h1,4-7,11-12,26H,2-3,8-9H2. The second-order valence-corrected chi connectivity index (χ2v) is 9.29. The zero-order valence-corrected chi connectivity index (χ0v) is 17.3. The van der Waals surface area contributed by atoms with Gasteiger partial charge in [0.25, 0.3) is 5.91 Å². The van der Waals surface area contributed by atoms with Crippen LogP contribution in [0, 0.1) is 11.6 Å². The Labute approximate surface area is 177 Å². The molecule has 2 saturated heterocycles. The van der Waals surface area contributed by atoms with Crippen molar-refractivity contribution in [3.63, 3.8) is 0 Å². The van der Waals surface area contributed by atoms with Gasteiger partial charge >= 0.3 is 0 Å². The van der Waals surface area contributed by atoms with Gasteiger partial charge in [-0.1, -0.05) is 11.6 Å². The van der Waals surface area contributed by atoms with E-state index in [2.05, 4.69) is 0 Å². The fourth-order valence-corrected chi connectivity index (χ4v) is 5.06. The van der Waals surface area contributed by atoms with Crippen molar-refractivity contribution in [2.45, 2.75) is 29.8 Å². The Morgan fingerprint density at radius 3 is 2.38 bits per heavy atom. The lowest BCUT2D eigenvalue weighted by molar-refractivity contribution is 0.0718. The van der Waals surface area contributed by atoms with E-state index < -0.39 is 27.4 Å². The number of anilines is 1. The Bertz CT molecular complexity index is 1010. The molecule has 2 aromatic carbocycles. The number of piperazine rings is 1. The molecule has 2 bridgehead atoms. The summed E-state index contributed by atoms with van der Waals surface area (Å²) in [5, 5.41) is 10.3. The van der Waals surface area contributed by atoms with Gasteiger partial charge in [-0.05, 0) is 53.9 Å². The lowest BCUT2D eigenvalue weighted by Gasteiger charge is -2.42. The Morgan fingerprint density at radius 1 is 1.14 bits per heavy atom. The second-order valence-electron chi connectivity index (χ2n) is 7.12. The van der Waals surface area contributed by atoms with Crippen LogP contribution in [0.2, 0.25) is 5.02 Å². The monoisotopic (exact) mass is 460 g/mol. The number of rotatable bonds is 3. The van der Waals surface area contributed by atoms with Gasteiger partial charge in [-0.25, -0.2) is 13.0 Å². The molecule has 5 nitrogen and oxygen atoms in total. The van der Waals surface area contributed by atoms with E-state index >= 15 is 0 Å². The van der Waals surface area contributed by atoms with E-state index in [-0.39, 0.29) is 39.2 Å². The first-order chi connectivity index (χ1) is 13.8. The number of carbonyl (C=O) groups excluding carboxylic acids is 1. The molecule has 2 aromatic rings. The Morgan fingerprint density at radius 2 is 1.79 bits per heavy atom. The molecule has 1 N–H and O–H groups in total. The van der Waals surface area contributed by atoms with Crippen molar-refractivity contribution in [1.82, 2.24) is 4.90 Å². The average Bonchev–Trinajstić information content (AvgIpc) is 2.92. The highest BCUT2D eigenvalue weighted by Crippen LogP contribution is 2.42. The maximum atomic E-state index is 14.2. The molecular formula is C19H16Cl2F2N2O3S. The number of aromatic hydroxyl groups is 1. The van der Waals surface area contributed by atoms with Crippen LogP contribution in [-0.2, 0) is 10.0 Å². The third-order valence-electron chi connectivity index (χ3n) is 5.41. The highest BCUT2D eigenvalue weighted by Gasteiger charge is 2.43. The number of fused-ring (bicyclic) bond motifs is 2. The molecule has 2 heterocycles. The van der Waals surface area contributed by atoms with E-state index in [9.17, 15) is 22.9 Å². The first kappa shape index (κ1) is 20.4. The van der Waals surface area contributed by atoms with Crippen molar-refractivity contribution in [2.75, 3.05) is 18.0 Å². The van der Waals surface area contributed by atoms with Gasteiger partial charge in [0.15, 0.2) is 11.6 Å². The number of likely N-dealkylation sites (tertiary alicyclic amines) is 1. The number of carbonyl (C=O) groups is 1. The minimum absolute atomic E-state index is 0.0433. The molecule has 154 valence electrons. The van der Waals surface area contributed by atoms with Crippen LogP contribution in [0.5, 0.6) is 5.75 Å². The summed E-state index contributed by atoms with van der Waals surface area (Å²) in [4.78, 5) is 16.5. The summed E-state index contributed by atoms with van der Waals surface area (Å²) in [6.07, 6.45) is 1.47. The van der Waals surface area contributed by atoms with Crippen LogP contribution < -0.4 is 4.90 Å². The molecule has 4 rings (SSSR count). The smallest absolute Gasteiger partial charge is 0.255 e. The number of phenolic OH excluding ortho intramolecular Hbond substituents is 1. The molecule has 2 fully saturated rings. The van der Waals surface area contributed by atoms with Crippen molar-refractivity contribution < 1.29 is 22.9 Å². The number of phenols is 1. The van der Waals surface area contributed by atoms with E-state index in [1.807, 2.05) is 4.90 Å². The summed E-state index contributed by atoms with van der Waals surface area (Å²) in [6, 6.07) is 5.67. The first-order valence-corrected chi connectivity index (χ1v) is 11.2. The summed E-state index contributed by atoms with van der Waals surface area (Å²) in [6.45, 7) is 0.663. The van der Waals surface area contributed by atoms with Gasteiger partial charge in [0.05, 0.1) is 21.2 Å². The summed E-state index contributed by atoms with van der Waals surface area (Å²) >= 11 is 6.03. The van der Waals surface area contributed by atoms with Gasteiger partial charge in [-0.15, -0.1) is 0 Å². The van der Waals surface area contributed by atoms with Gasteiger partial charge in [-0.3, -0.25) is 4.79 Å². The fraction of sp³-hybridized carbons (Fsp3) is 0.316.